The Kier molecular flexibility index (Phi) is 5.64. The summed E-state index contributed by atoms with van der Waals surface area (Å²) in [6.45, 7) is 9.41. The van der Waals surface area contributed by atoms with E-state index in [0.29, 0.717) is 10.8 Å². The van der Waals surface area contributed by atoms with Crippen molar-refractivity contribution in [1.82, 2.24) is 0 Å². The molecule has 1 rings (SSSR count). The first-order valence-corrected chi connectivity index (χ1v) is 7.53. The van der Waals surface area contributed by atoms with Crippen LogP contribution in [0.5, 0.6) is 0 Å². The van der Waals surface area contributed by atoms with Crippen LogP contribution in [0, 0.1) is 17.3 Å². The topological polar surface area (TPSA) is 0 Å². The van der Waals surface area contributed by atoms with Gasteiger partial charge in [-0.05, 0) is 49.4 Å². The lowest BCUT2D eigenvalue weighted by molar-refractivity contribution is 0.212. The summed E-state index contributed by atoms with van der Waals surface area (Å²) in [6.07, 6.45) is 9.34. The van der Waals surface area contributed by atoms with Gasteiger partial charge in [0, 0.05) is 5.38 Å². The van der Waals surface area contributed by atoms with E-state index in [1.807, 2.05) is 0 Å². The van der Waals surface area contributed by atoms with Crippen molar-refractivity contribution >= 4 is 11.6 Å². The van der Waals surface area contributed by atoms with Crippen molar-refractivity contribution in [3.63, 3.8) is 0 Å². The van der Waals surface area contributed by atoms with E-state index < -0.39 is 0 Å². The first-order chi connectivity index (χ1) is 7.45. The fraction of sp³-hybridized carbons (Fsp3) is 1.00. The van der Waals surface area contributed by atoms with Crippen LogP contribution < -0.4 is 0 Å². The summed E-state index contributed by atoms with van der Waals surface area (Å²) in [6, 6.07) is 0. The Balaban J connectivity index is 2.46. The van der Waals surface area contributed by atoms with Crippen LogP contribution in [0.25, 0.3) is 0 Å². The summed E-state index contributed by atoms with van der Waals surface area (Å²) in [5.41, 5.74) is 0.488. The average molecular weight is 245 g/mol. The molecule has 1 aliphatic rings. The minimum atomic E-state index is 0.434. The maximum Gasteiger partial charge on any atom is 0.0364 e. The molecule has 1 heteroatoms. The number of alkyl halides is 1. The van der Waals surface area contributed by atoms with Crippen LogP contribution in [-0.4, -0.2) is 5.38 Å². The predicted molar refractivity (Wildman–Crippen MR) is 74.1 cm³/mol. The van der Waals surface area contributed by atoms with E-state index in [1.165, 1.54) is 44.9 Å². The van der Waals surface area contributed by atoms with Crippen molar-refractivity contribution in [2.75, 3.05) is 0 Å². The molecule has 0 amide bonds. The van der Waals surface area contributed by atoms with Crippen LogP contribution in [0.1, 0.15) is 72.6 Å². The van der Waals surface area contributed by atoms with Crippen LogP contribution in [0.15, 0.2) is 0 Å². The lowest BCUT2D eigenvalue weighted by Gasteiger charge is -2.30. The summed E-state index contributed by atoms with van der Waals surface area (Å²) >= 11 is 6.49. The molecule has 0 spiro atoms. The molecule has 16 heavy (non-hydrogen) atoms. The van der Waals surface area contributed by atoms with Gasteiger partial charge in [0.15, 0.2) is 0 Å². The quantitative estimate of drug-likeness (QED) is 0.445. The fourth-order valence-electron chi connectivity index (χ4n) is 3.07. The third kappa shape index (κ3) is 4.28. The van der Waals surface area contributed by atoms with E-state index in [0.717, 1.165) is 11.8 Å². The van der Waals surface area contributed by atoms with Gasteiger partial charge in [-0.1, -0.05) is 40.5 Å². The molecule has 1 saturated carbocycles. The van der Waals surface area contributed by atoms with Crippen molar-refractivity contribution in [2.24, 2.45) is 17.3 Å². The standard InChI is InChI=1S/C15H29Cl/c1-5-7-14(16)12-8-6-9-13(11-10-12)15(2,3)4/h12-14H,5-11H2,1-4H3. The SMILES string of the molecule is CCCC(Cl)C1CCCC(C(C)(C)C)CC1. The number of halogens is 1. The Morgan fingerprint density at radius 2 is 1.81 bits per heavy atom. The van der Waals surface area contributed by atoms with Gasteiger partial charge in [-0.15, -0.1) is 11.6 Å². The van der Waals surface area contributed by atoms with Crippen molar-refractivity contribution in [3.05, 3.63) is 0 Å². The maximum atomic E-state index is 6.49. The molecule has 0 aromatic carbocycles. The number of hydrogen-bond acceptors (Lipinski definition) is 0. The van der Waals surface area contributed by atoms with Gasteiger partial charge < -0.3 is 0 Å². The van der Waals surface area contributed by atoms with Gasteiger partial charge in [-0.25, -0.2) is 0 Å². The summed E-state index contributed by atoms with van der Waals surface area (Å²) in [5.74, 6) is 1.69. The van der Waals surface area contributed by atoms with Crippen LogP contribution in [0.4, 0.5) is 0 Å². The fourth-order valence-corrected chi connectivity index (χ4v) is 3.54. The molecule has 0 aromatic rings. The van der Waals surface area contributed by atoms with E-state index in [9.17, 15) is 0 Å². The zero-order chi connectivity index (χ0) is 12.2. The zero-order valence-electron chi connectivity index (χ0n) is 11.6. The average Bonchev–Trinajstić information content (AvgIpc) is 2.41. The van der Waals surface area contributed by atoms with E-state index in [1.54, 1.807) is 0 Å². The van der Waals surface area contributed by atoms with E-state index in [2.05, 4.69) is 27.7 Å². The molecule has 1 aliphatic carbocycles. The van der Waals surface area contributed by atoms with Gasteiger partial charge >= 0.3 is 0 Å². The van der Waals surface area contributed by atoms with Gasteiger partial charge in [0.25, 0.3) is 0 Å². The molecule has 0 nitrogen and oxygen atoms in total. The molecule has 0 radical (unpaired) electrons. The van der Waals surface area contributed by atoms with Crippen molar-refractivity contribution in [1.29, 1.82) is 0 Å². The lowest BCUT2D eigenvalue weighted by Crippen LogP contribution is -2.20. The highest BCUT2D eigenvalue weighted by Crippen LogP contribution is 2.40. The van der Waals surface area contributed by atoms with Crippen LogP contribution in [-0.2, 0) is 0 Å². The molecule has 0 aliphatic heterocycles. The van der Waals surface area contributed by atoms with Gasteiger partial charge in [0.2, 0.25) is 0 Å². The monoisotopic (exact) mass is 244 g/mol. The molecule has 0 bridgehead atoms. The second kappa shape index (κ2) is 6.28. The highest BCUT2D eigenvalue weighted by Gasteiger charge is 2.29. The van der Waals surface area contributed by atoms with E-state index >= 15 is 0 Å². The zero-order valence-corrected chi connectivity index (χ0v) is 12.3. The first kappa shape index (κ1) is 14.4. The van der Waals surface area contributed by atoms with E-state index in [-0.39, 0.29) is 0 Å². The number of hydrogen-bond donors (Lipinski definition) is 0. The maximum absolute atomic E-state index is 6.49. The molecule has 0 aromatic heterocycles. The van der Waals surface area contributed by atoms with Crippen LogP contribution in [0.2, 0.25) is 0 Å². The predicted octanol–water partition coefficient (Wildman–Crippen LogP) is 5.64. The highest BCUT2D eigenvalue weighted by atomic mass is 35.5. The van der Waals surface area contributed by atoms with Gasteiger partial charge in [0.05, 0.1) is 0 Å². The summed E-state index contributed by atoms with van der Waals surface area (Å²) < 4.78 is 0. The third-order valence-corrected chi connectivity index (χ3v) is 4.89. The van der Waals surface area contributed by atoms with Crippen molar-refractivity contribution in [3.8, 4) is 0 Å². The molecular weight excluding hydrogens is 216 g/mol. The molecule has 3 atom stereocenters. The van der Waals surface area contributed by atoms with E-state index in [4.69, 9.17) is 11.6 Å². The highest BCUT2D eigenvalue weighted by molar-refractivity contribution is 6.20. The Hall–Kier alpha value is 0.290. The first-order valence-electron chi connectivity index (χ1n) is 7.09. The molecule has 96 valence electrons. The second-order valence-corrected chi connectivity index (χ2v) is 7.20. The molecule has 3 unspecified atom stereocenters. The minimum absolute atomic E-state index is 0.434. The normalized spacial score (nSPS) is 29.8. The summed E-state index contributed by atoms with van der Waals surface area (Å²) in [4.78, 5) is 0. The van der Waals surface area contributed by atoms with Crippen molar-refractivity contribution in [2.45, 2.75) is 78.0 Å². The third-order valence-electron chi connectivity index (χ3n) is 4.31. The Labute approximate surface area is 107 Å². The Morgan fingerprint density at radius 1 is 1.12 bits per heavy atom. The molecule has 1 fully saturated rings. The molecule has 0 N–H and O–H groups in total. The van der Waals surface area contributed by atoms with Crippen molar-refractivity contribution < 1.29 is 0 Å². The number of rotatable bonds is 3. The largest absolute Gasteiger partial charge is 0.123 e. The molecular formula is C15H29Cl. The smallest absolute Gasteiger partial charge is 0.0364 e. The minimum Gasteiger partial charge on any atom is -0.123 e. The van der Waals surface area contributed by atoms with Gasteiger partial charge in [-0.3, -0.25) is 0 Å². The second-order valence-electron chi connectivity index (χ2n) is 6.64. The summed E-state index contributed by atoms with van der Waals surface area (Å²) in [5, 5.41) is 0.434. The van der Waals surface area contributed by atoms with Gasteiger partial charge in [0.1, 0.15) is 0 Å². The van der Waals surface area contributed by atoms with Gasteiger partial charge in [-0.2, -0.15) is 0 Å². The summed E-state index contributed by atoms with van der Waals surface area (Å²) in [7, 11) is 0. The molecule has 0 saturated heterocycles. The molecule has 0 heterocycles. The Bertz CT molecular complexity index is 192. The van der Waals surface area contributed by atoms with Crippen LogP contribution in [0.3, 0.4) is 0 Å². The lowest BCUT2D eigenvalue weighted by atomic mass is 9.76. The Morgan fingerprint density at radius 3 is 2.38 bits per heavy atom. The van der Waals surface area contributed by atoms with Crippen LogP contribution >= 0.6 is 11.6 Å².